The van der Waals surface area contributed by atoms with Crippen molar-refractivity contribution in [3.63, 3.8) is 0 Å². The van der Waals surface area contributed by atoms with Crippen LogP contribution in [0.25, 0.3) is 5.57 Å². The van der Waals surface area contributed by atoms with Gasteiger partial charge in [0.05, 0.1) is 24.1 Å². The van der Waals surface area contributed by atoms with Crippen molar-refractivity contribution in [2.75, 3.05) is 26.2 Å². The zero-order valence-corrected chi connectivity index (χ0v) is 30.0. The molecule has 0 heterocycles. The lowest BCUT2D eigenvalue weighted by atomic mass is 9.32. The van der Waals surface area contributed by atoms with Crippen LogP contribution in [0.15, 0.2) is 30.3 Å². The number of benzene rings is 1. The fourth-order valence-electron chi connectivity index (χ4n) is 13.0. The lowest BCUT2D eigenvalue weighted by Gasteiger charge is -2.72. The number of carboxylic acids is 3. The molecule has 9 heteroatoms. The van der Waals surface area contributed by atoms with E-state index in [-0.39, 0.29) is 53.7 Å². The molecule has 0 radical (unpaired) electrons. The first-order chi connectivity index (χ1) is 23.0. The number of nitrogens with one attached hydrogen (secondary N) is 1. The molecule has 268 valence electrons. The highest BCUT2D eigenvalue weighted by molar-refractivity contribution is 5.88. The summed E-state index contributed by atoms with van der Waals surface area (Å²) < 4.78 is 0. The first-order valence-corrected chi connectivity index (χ1v) is 18.5. The summed E-state index contributed by atoms with van der Waals surface area (Å²) in [4.78, 5) is 49.5. The number of carbonyl (C=O) groups is 4. The molecule has 4 N–H and O–H groups in total. The van der Waals surface area contributed by atoms with Crippen molar-refractivity contribution in [1.29, 1.82) is 0 Å². The second-order valence-corrected chi connectivity index (χ2v) is 17.5. The second-order valence-electron chi connectivity index (χ2n) is 17.5. The van der Waals surface area contributed by atoms with E-state index in [9.17, 15) is 34.5 Å². The Bertz CT molecular complexity index is 1520. The molecule has 6 rings (SSSR count). The molecule has 0 bridgehead atoms. The molecule has 0 saturated heterocycles. The van der Waals surface area contributed by atoms with E-state index in [2.05, 4.69) is 46.0 Å². The summed E-state index contributed by atoms with van der Waals surface area (Å²) in [5.74, 6) is -1.10. The van der Waals surface area contributed by atoms with E-state index >= 15 is 0 Å². The molecule has 0 unspecified atom stereocenters. The number of carbonyl (C=O) groups excluding carboxylic acids is 1. The summed E-state index contributed by atoms with van der Waals surface area (Å²) in [6.07, 6.45) is 13.0. The first kappa shape index (κ1) is 35.6. The number of hydrogen-bond acceptors (Lipinski definition) is 5. The van der Waals surface area contributed by atoms with Gasteiger partial charge in [-0.25, -0.2) is 4.79 Å². The molecule has 4 saturated carbocycles. The number of fused-ring (bicyclic) bond motifs is 7. The maximum Gasteiger partial charge on any atom is 0.335 e. The summed E-state index contributed by atoms with van der Waals surface area (Å²) in [6.45, 7) is 12.2. The highest BCUT2D eigenvalue weighted by Crippen LogP contribution is 2.77. The summed E-state index contributed by atoms with van der Waals surface area (Å²) in [5, 5.41) is 31.0. The van der Waals surface area contributed by atoms with Crippen molar-refractivity contribution >= 4 is 29.4 Å². The number of rotatable bonds is 10. The fourth-order valence-corrected chi connectivity index (χ4v) is 13.0. The largest absolute Gasteiger partial charge is 0.480 e. The topological polar surface area (TPSA) is 144 Å². The molecular weight excluding hydrogens is 620 g/mol. The van der Waals surface area contributed by atoms with Gasteiger partial charge in [-0.3, -0.25) is 19.3 Å². The van der Waals surface area contributed by atoms with Gasteiger partial charge in [0.2, 0.25) is 5.91 Å². The van der Waals surface area contributed by atoms with Crippen LogP contribution in [0, 0.1) is 50.7 Å². The van der Waals surface area contributed by atoms with Crippen LogP contribution in [-0.2, 0) is 14.4 Å². The number of allylic oxidation sites excluding steroid dienone is 2. The van der Waals surface area contributed by atoms with Gasteiger partial charge in [-0.15, -0.1) is 0 Å². The molecule has 1 amide bonds. The first-order valence-electron chi connectivity index (χ1n) is 18.5. The van der Waals surface area contributed by atoms with E-state index in [1.165, 1.54) is 23.3 Å². The molecule has 9 nitrogen and oxygen atoms in total. The van der Waals surface area contributed by atoms with Crippen LogP contribution in [0.4, 0.5) is 0 Å². The molecule has 1 aromatic carbocycles. The minimum absolute atomic E-state index is 0.0490. The molecule has 4 fully saturated rings. The van der Waals surface area contributed by atoms with Gasteiger partial charge >= 0.3 is 17.9 Å². The number of aromatic carboxylic acids is 1. The summed E-state index contributed by atoms with van der Waals surface area (Å²) in [7, 11) is 0. The van der Waals surface area contributed by atoms with E-state index in [4.69, 9.17) is 0 Å². The molecule has 8 atom stereocenters. The van der Waals surface area contributed by atoms with Gasteiger partial charge < -0.3 is 20.6 Å². The molecule has 0 aromatic heterocycles. The average molecular weight is 677 g/mol. The Morgan fingerprint density at radius 3 is 2.08 bits per heavy atom. The molecule has 49 heavy (non-hydrogen) atoms. The van der Waals surface area contributed by atoms with Crippen molar-refractivity contribution in [1.82, 2.24) is 10.2 Å². The van der Waals surface area contributed by atoms with Crippen LogP contribution in [0.2, 0.25) is 0 Å². The molecule has 0 aliphatic heterocycles. The standard InChI is InChI=1S/C40H56N2O7/c1-36(2)27(25-8-10-26(11-9-25)34(47)48)14-17-37(3)30(36)15-18-39(5)31(37)13-12-28-29-7-6-16-40(29,20-19-38(28,39)4)35(49)41-21-22-42(23-32(43)44)24-33(45)46/h8-11,14,28-31H,6-7,12-13,15-24H2,1-5H3,(H,41,49)(H,43,44)(H,45,46)(H,47,48)/t28-,29-,30+,31-,37+,38-,39-,40+/m1/s1. The zero-order valence-electron chi connectivity index (χ0n) is 30.0. The number of amides is 1. The Hall–Kier alpha value is -3.20. The average Bonchev–Trinajstić information content (AvgIpc) is 3.46. The summed E-state index contributed by atoms with van der Waals surface area (Å²) in [6, 6.07) is 7.41. The molecule has 5 aliphatic carbocycles. The van der Waals surface area contributed by atoms with Crippen molar-refractivity contribution < 1.29 is 34.5 Å². The van der Waals surface area contributed by atoms with Gasteiger partial charge in [-0.05, 0) is 126 Å². The van der Waals surface area contributed by atoms with Crippen LogP contribution in [0.5, 0.6) is 0 Å². The van der Waals surface area contributed by atoms with Gasteiger partial charge in [0.15, 0.2) is 0 Å². The zero-order chi connectivity index (χ0) is 35.6. The third-order valence-corrected chi connectivity index (χ3v) is 15.3. The molecule has 0 spiro atoms. The lowest BCUT2D eigenvalue weighted by molar-refractivity contribution is -0.222. The highest BCUT2D eigenvalue weighted by Gasteiger charge is 2.70. The number of aliphatic carboxylic acids is 2. The van der Waals surface area contributed by atoms with Crippen molar-refractivity contribution in [2.45, 2.75) is 98.8 Å². The van der Waals surface area contributed by atoms with Crippen LogP contribution >= 0.6 is 0 Å². The highest BCUT2D eigenvalue weighted by atomic mass is 16.4. The maximum atomic E-state index is 14.1. The van der Waals surface area contributed by atoms with Crippen molar-refractivity contribution in [3.05, 3.63) is 41.5 Å². The second kappa shape index (κ2) is 12.5. The quantitative estimate of drug-likeness (QED) is 0.211. The lowest BCUT2D eigenvalue weighted by Crippen LogP contribution is -2.66. The third-order valence-electron chi connectivity index (χ3n) is 15.3. The minimum atomic E-state index is -1.08. The molecule has 5 aliphatic rings. The Balaban J connectivity index is 1.21. The predicted octanol–water partition coefficient (Wildman–Crippen LogP) is 6.82. The number of hydrogen-bond donors (Lipinski definition) is 4. The minimum Gasteiger partial charge on any atom is -0.480 e. The van der Waals surface area contributed by atoms with E-state index in [0.717, 1.165) is 56.9 Å². The van der Waals surface area contributed by atoms with E-state index in [1.807, 2.05) is 12.1 Å². The van der Waals surface area contributed by atoms with E-state index in [1.54, 1.807) is 12.1 Å². The monoisotopic (exact) mass is 676 g/mol. The smallest absolute Gasteiger partial charge is 0.335 e. The fraction of sp³-hybridized carbons (Fsp3) is 0.700. The maximum absolute atomic E-state index is 14.1. The Labute approximate surface area is 290 Å². The Morgan fingerprint density at radius 1 is 0.776 bits per heavy atom. The van der Waals surface area contributed by atoms with Gasteiger partial charge in [0.1, 0.15) is 0 Å². The number of nitrogens with zero attached hydrogens (tertiary/aromatic N) is 1. The van der Waals surface area contributed by atoms with Gasteiger partial charge in [0.25, 0.3) is 0 Å². The molecule has 1 aromatic rings. The van der Waals surface area contributed by atoms with Crippen molar-refractivity contribution in [2.24, 2.45) is 50.7 Å². The molecular formula is C40H56N2O7. The Kier molecular flexibility index (Phi) is 9.11. The SMILES string of the molecule is CC1(C)C(c2ccc(C(=O)O)cc2)=CC[C@]2(C)[C@H]3CC[C@@H]4[C@H]5CCC[C@]5(C(=O)NCCN(CC(=O)O)CC(=O)O)CC[C@@]4(C)[C@]3(C)CC[C@@H]12. The van der Waals surface area contributed by atoms with E-state index < -0.39 is 23.3 Å². The van der Waals surface area contributed by atoms with Gasteiger partial charge in [0, 0.05) is 13.1 Å². The van der Waals surface area contributed by atoms with Gasteiger partial charge in [-0.1, -0.05) is 59.2 Å². The summed E-state index contributed by atoms with van der Waals surface area (Å²) in [5.41, 5.74) is 2.76. The van der Waals surface area contributed by atoms with Crippen molar-refractivity contribution in [3.8, 4) is 0 Å². The number of carboxylic acid groups (broad SMARTS) is 3. The van der Waals surface area contributed by atoms with Crippen LogP contribution in [0.1, 0.15) is 115 Å². The van der Waals surface area contributed by atoms with Crippen LogP contribution in [-0.4, -0.2) is 70.2 Å². The normalized spacial score (nSPS) is 37.6. The van der Waals surface area contributed by atoms with Crippen LogP contribution in [0.3, 0.4) is 0 Å². The summed E-state index contributed by atoms with van der Waals surface area (Å²) >= 11 is 0. The van der Waals surface area contributed by atoms with Crippen LogP contribution < -0.4 is 5.32 Å². The Morgan fingerprint density at radius 2 is 1.45 bits per heavy atom. The predicted molar refractivity (Wildman–Crippen MR) is 187 cm³/mol. The van der Waals surface area contributed by atoms with E-state index in [0.29, 0.717) is 29.2 Å². The third kappa shape index (κ3) is 5.62. The van der Waals surface area contributed by atoms with Gasteiger partial charge in [-0.2, -0.15) is 0 Å².